The van der Waals surface area contributed by atoms with Crippen molar-refractivity contribution in [2.24, 2.45) is 5.41 Å². The molecule has 23 heavy (non-hydrogen) atoms. The van der Waals surface area contributed by atoms with Crippen molar-refractivity contribution in [2.75, 3.05) is 5.32 Å². The lowest BCUT2D eigenvalue weighted by Crippen LogP contribution is -2.27. The van der Waals surface area contributed by atoms with Crippen LogP contribution in [0.3, 0.4) is 0 Å². The first-order valence-electron chi connectivity index (χ1n) is 7.23. The normalized spacial score (nSPS) is 11.4. The summed E-state index contributed by atoms with van der Waals surface area (Å²) in [4.78, 5) is 16.5. The van der Waals surface area contributed by atoms with Gasteiger partial charge in [-0.1, -0.05) is 38.1 Å². The summed E-state index contributed by atoms with van der Waals surface area (Å²) in [6.45, 7) is 5.56. The molecule has 0 bridgehead atoms. The number of carbonyl (C=O) groups is 1. The highest BCUT2D eigenvalue weighted by Gasteiger charge is 2.23. The van der Waals surface area contributed by atoms with Crippen molar-refractivity contribution in [1.82, 2.24) is 10.1 Å². The van der Waals surface area contributed by atoms with Crippen molar-refractivity contribution in [2.45, 2.75) is 20.8 Å². The second-order valence-corrected chi connectivity index (χ2v) is 6.15. The van der Waals surface area contributed by atoms with E-state index in [2.05, 4.69) is 15.5 Å². The molecule has 2 heterocycles. The molecule has 0 fully saturated rings. The largest absolute Gasteiger partial charge is 0.461 e. The van der Waals surface area contributed by atoms with E-state index in [0.717, 1.165) is 0 Å². The highest BCUT2D eigenvalue weighted by atomic mass is 16.5. The topological polar surface area (TPSA) is 81.2 Å². The predicted octanol–water partition coefficient (Wildman–Crippen LogP) is 3.98. The number of nitrogens with zero attached hydrogens (tertiary/aromatic N) is 2. The van der Waals surface area contributed by atoms with Gasteiger partial charge in [-0.05, 0) is 24.3 Å². The first-order valence-corrected chi connectivity index (χ1v) is 7.23. The van der Waals surface area contributed by atoms with Gasteiger partial charge in [0.15, 0.2) is 5.76 Å². The van der Waals surface area contributed by atoms with E-state index in [4.69, 9.17) is 8.94 Å². The third kappa shape index (κ3) is 3.15. The van der Waals surface area contributed by atoms with Gasteiger partial charge in [-0.3, -0.25) is 4.79 Å². The number of hydrogen-bond acceptors (Lipinski definition) is 5. The zero-order chi connectivity index (χ0) is 16.4. The maximum atomic E-state index is 12.2. The zero-order valence-electron chi connectivity index (χ0n) is 13.2. The Kier molecular flexibility index (Phi) is 3.73. The molecular formula is C17H17N3O3. The van der Waals surface area contributed by atoms with Crippen LogP contribution in [0.5, 0.6) is 0 Å². The first-order chi connectivity index (χ1) is 10.9. The minimum absolute atomic E-state index is 0.0873. The molecule has 3 rings (SSSR count). The maximum absolute atomic E-state index is 12.2. The lowest BCUT2D eigenvalue weighted by atomic mass is 9.95. The molecule has 0 aliphatic rings. The molecule has 0 radical (unpaired) electrons. The van der Waals surface area contributed by atoms with E-state index in [-0.39, 0.29) is 5.91 Å². The molecule has 118 valence electrons. The van der Waals surface area contributed by atoms with Crippen LogP contribution in [0.1, 0.15) is 20.8 Å². The second kappa shape index (κ2) is 5.72. The highest BCUT2D eigenvalue weighted by molar-refractivity contribution is 5.97. The van der Waals surface area contributed by atoms with E-state index in [9.17, 15) is 4.79 Å². The number of hydrogen-bond donors (Lipinski definition) is 1. The van der Waals surface area contributed by atoms with E-state index in [1.54, 1.807) is 24.5 Å². The lowest BCUT2D eigenvalue weighted by Gasteiger charge is -2.18. The van der Waals surface area contributed by atoms with Crippen molar-refractivity contribution >= 4 is 11.6 Å². The summed E-state index contributed by atoms with van der Waals surface area (Å²) in [6, 6.07) is 10.8. The minimum Gasteiger partial charge on any atom is -0.461 e. The minimum atomic E-state index is -0.499. The van der Waals surface area contributed by atoms with Crippen LogP contribution in [0.2, 0.25) is 0 Å². The number of amides is 1. The Morgan fingerprint density at radius 3 is 2.61 bits per heavy atom. The molecule has 6 heteroatoms. The Morgan fingerprint density at radius 1 is 1.13 bits per heavy atom. The van der Waals surface area contributed by atoms with E-state index in [1.165, 1.54) is 0 Å². The predicted molar refractivity (Wildman–Crippen MR) is 85.5 cm³/mol. The number of furan rings is 1. The Balaban J connectivity index is 1.93. The molecular weight excluding hydrogens is 294 g/mol. The molecule has 1 aromatic carbocycles. The van der Waals surface area contributed by atoms with Crippen LogP contribution >= 0.6 is 0 Å². The standard InChI is InChI=1S/C17H17N3O3/c1-17(2,3)16(21)18-12-8-5-4-7-11(12)15-19-14(20-23-15)13-9-6-10-22-13/h4-10H,1-3H3,(H,18,21). The fourth-order valence-corrected chi connectivity index (χ4v) is 1.93. The number of carbonyl (C=O) groups excluding carboxylic acids is 1. The SMILES string of the molecule is CC(C)(C)C(=O)Nc1ccccc1-c1nc(-c2ccco2)no1. The van der Waals surface area contributed by atoms with Crippen LogP contribution in [0, 0.1) is 5.41 Å². The molecule has 0 saturated heterocycles. The van der Waals surface area contributed by atoms with Crippen LogP contribution in [0.15, 0.2) is 51.6 Å². The number of rotatable bonds is 3. The molecule has 0 aliphatic carbocycles. The molecule has 1 N–H and O–H groups in total. The Hall–Kier alpha value is -2.89. The summed E-state index contributed by atoms with van der Waals surface area (Å²) >= 11 is 0. The molecule has 2 aromatic heterocycles. The first kappa shape index (κ1) is 15.0. The quantitative estimate of drug-likeness (QED) is 0.791. The Labute approximate surface area is 133 Å². The Morgan fingerprint density at radius 2 is 1.91 bits per heavy atom. The van der Waals surface area contributed by atoms with E-state index >= 15 is 0 Å². The summed E-state index contributed by atoms with van der Waals surface area (Å²) in [6.07, 6.45) is 1.54. The number of aromatic nitrogens is 2. The third-order valence-corrected chi connectivity index (χ3v) is 3.25. The average Bonchev–Trinajstić information content (AvgIpc) is 3.18. The van der Waals surface area contributed by atoms with Gasteiger partial charge in [0, 0.05) is 5.41 Å². The van der Waals surface area contributed by atoms with Crippen molar-refractivity contribution < 1.29 is 13.7 Å². The zero-order valence-corrected chi connectivity index (χ0v) is 13.2. The van der Waals surface area contributed by atoms with Gasteiger partial charge in [-0.15, -0.1) is 0 Å². The van der Waals surface area contributed by atoms with Gasteiger partial charge in [0.1, 0.15) is 0 Å². The van der Waals surface area contributed by atoms with Gasteiger partial charge in [-0.25, -0.2) is 0 Å². The number of para-hydroxylation sites is 1. The van der Waals surface area contributed by atoms with E-state index < -0.39 is 5.41 Å². The average molecular weight is 311 g/mol. The van der Waals surface area contributed by atoms with Crippen molar-refractivity contribution in [3.05, 3.63) is 42.7 Å². The maximum Gasteiger partial charge on any atom is 0.260 e. The van der Waals surface area contributed by atoms with Crippen LogP contribution in [0.4, 0.5) is 5.69 Å². The van der Waals surface area contributed by atoms with E-state index in [0.29, 0.717) is 28.7 Å². The number of anilines is 1. The van der Waals surface area contributed by atoms with Crippen molar-refractivity contribution in [1.29, 1.82) is 0 Å². The summed E-state index contributed by atoms with van der Waals surface area (Å²) in [5.41, 5.74) is 0.791. The van der Waals surface area contributed by atoms with Crippen molar-refractivity contribution in [3.63, 3.8) is 0 Å². The molecule has 0 atom stereocenters. The van der Waals surface area contributed by atoms with Crippen LogP contribution < -0.4 is 5.32 Å². The molecule has 3 aromatic rings. The number of nitrogens with one attached hydrogen (secondary N) is 1. The second-order valence-electron chi connectivity index (χ2n) is 6.15. The van der Waals surface area contributed by atoms with Crippen molar-refractivity contribution in [3.8, 4) is 23.0 Å². The molecule has 6 nitrogen and oxygen atoms in total. The monoisotopic (exact) mass is 311 g/mol. The van der Waals surface area contributed by atoms with Gasteiger partial charge in [0.25, 0.3) is 5.89 Å². The fourth-order valence-electron chi connectivity index (χ4n) is 1.93. The van der Waals surface area contributed by atoms with Crippen LogP contribution in [0.25, 0.3) is 23.0 Å². The van der Waals surface area contributed by atoms with Gasteiger partial charge < -0.3 is 14.3 Å². The molecule has 0 spiro atoms. The van der Waals surface area contributed by atoms with Crippen LogP contribution in [-0.2, 0) is 4.79 Å². The van der Waals surface area contributed by atoms with Crippen LogP contribution in [-0.4, -0.2) is 16.0 Å². The van der Waals surface area contributed by atoms with Gasteiger partial charge >= 0.3 is 0 Å². The van der Waals surface area contributed by atoms with Gasteiger partial charge in [-0.2, -0.15) is 4.98 Å². The highest BCUT2D eigenvalue weighted by Crippen LogP contribution is 2.29. The lowest BCUT2D eigenvalue weighted by molar-refractivity contribution is -0.123. The molecule has 0 aliphatic heterocycles. The fraction of sp³-hybridized carbons (Fsp3) is 0.235. The summed E-state index contributed by atoms with van der Waals surface area (Å²) in [5.74, 6) is 1.12. The molecule has 1 amide bonds. The summed E-state index contributed by atoms with van der Waals surface area (Å²) in [7, 11) is 0. The Bertz CT molecular complexity index is 814. The summed E-state index contributed by atoms with van der Waals surface area (Å²) < 4.78 is 10.6. The third-order valence-electron chi connectivity index (χ3n) is 3.25. The van der Waals surface area contributed by atoms with Gasteiger partial charge in [0.05, 0.1) is 17.5 Å². The van der Waals surface area contributed by atoms with Gasteiger partial charge in [0.2, 0.25) is 11.7 Å². The number of benzene rings is 1. The van der Waals surface area contributed by atoms with E-state index in [1.807, 2.05) is 39.0 Å². The smallest absolute Gasteiger partial charge is 0.260 e. The molecule has 0 unspecified atom stereocenters. The molecule has 0 saturated carbocycles. The summed E-state index contributed by atoms with van der Waals surface area (Å²) in [5, 5.41) is 6.81.